The Morgan fingerprint density at radius 1 is 1.50 bits per heavy atom. The van der Waals surface area contributed by atoms with Gasteiger partial charge in [-0.3, -0.25) is 0 Å². The van der Waals surface area contributed by atoms with E-state index in [0.29, 0.717) is 6.54 Å². The van der Waals surface area contributed by atoms with E-state index in [1.54, 1.807) is 6.20 Å². The fourth-order valence-electron chi connectivity index (χ4n) is 1.90. The molecule has 2 aromatic rings. The Morgan fingerprint density at radius 3 is 2.83 bits per heavy atom. The molecule has 3 N–H and O–H groups in total. The van der Waals surface area contributed by atoms with Gasteiger partial charge in [-0.25, -0.2) is 4.98 Å². The Balaban J connectivity index is 2.28. The number of halogens is 1. The molecule has 2 rings (SSSR count). The van der Waals surface area contributed by atoms with Crippen molar-refractivity contribution in [1.29, 1.82) is 0 Å². The number of benzene rings is 1. The minimum atomic E-state index is -0.601. The van der Waals surface area contributed by atoms with Crippen molar-refractivity contribution in [2.45, 2.75) is 18.9 Å². The van der Waals surface area contributed by atoms with Gasteiger partial charge in [0.2, 0.25) is 0 Å². The zero-order valence-corrected chi connectivity index (χ0v) is 12.4. The number of aromatic nitrogens is 1. The SMILES string of the molecule is Cc1ncc(C(O)C(CN)c2cccc(Br)c2)s1. The van der Waals surface area contributed by atoms with Crippen LogP contribution in [-0.2, 0) is 0 Å². The van der Waals surface area contributed by atoms with Gasteiger partial charge in [-0.2, -0.15) is 0 Å². The van der Waals surface area contributed by atoms with Gasteiger partial charge in [0.15, 0.2) is 0 Å². The summed E-state index contributed by atoms with van der Waals surface area (Å²) in [6.07, 6.45) is 1.13. The number of thiazole rings is 1. The summed E-state index contributed by atoms with van der Waals surface area (Å²) in [4.78, 5) is 5.04. The number of hydrogen-bond acceptors (Lipinski definition) is 4. The van der Waals surface area contributed by atoms with Crippen molar-refractivity contribution in [3.05, 3.63) is 50.4 Å². The van der Waals surface area contributed by atoms with E-state index in [2.05, 4.69) is 20.9 Å². The highest BCUT2D eigenvalue weighted by Crippen LogP contribution is 2.33. The number of nitrogens with two attached hydrogens (primary N) is 1. The summed E-state index contributed by atoms with van der Waals surface area (Å²) in [6, 6.07) is 7.89. The molecule has 2 unspecified atom stereocenters. The Labute approximate surface area is 119 Å². The predicted molar refractivity (Wildman–Crippen MR) is 77.7 cm³/mol. The first-order chi connectivity index (χ1) is 8.61. The van der Waals surface area contributed by atoms with Gasteiger partial charge < -0.3 is 10.8 Å². The predicted octanol–water partition coefficient (Wildman–Crippen LogP) is 2.99. The Morgan fingerprint density at radius 2 is 2.28 bits per heavy atom. The van der Waals surface area contributed by atoms with Gasteiger partial charge in [-0.05, 0) is 24.6 Å². The fourth-order valence-corrected chi connectivity index (χ4v) is 3.15. The van der Waals surface area contributed by atoms with Crippen LogP contribution in [0.2, 0.25) is 0 Å². The zero-order chi connectivity index (χ0) is 13.1. The van der Waals surface area contributed by atoms with Gasteiger partial charge in [-0.15, -0.1) is 11.3 Å². The summed E-state index contributed by atoms with van der Waals surface area (Å²) in [5, 5.41) is 11.4. The summed E-state index contributed by atoms with van der Waals surface area (Å²) in [5.74, 6) is -0.109. The summed E-state index contributed by atoms with van der Waals surface area (Å²) in [7, 11) is 0. The Kier molecular flexibility index (Phi) is 4.50. The van der Waals surface area contributed by atoms with E-state index >= 15 is 0 Å². The first kappa shape index (κ1) is 13.7. The van der Waals surface area contributed by atoms with Crippen molar-refractivity contribution in [2.75, 3.05) is 6.54 Å². The van der Waals surface area contributed by atoms with E-state index in [-0.39, 0.29) is 5.92 Å². The van der Waals surface area contributed by atoms with E-state index in [4.69, 9.17) is 5.73 Å². The number of nitrogens with zero attached hydrogens (tertiary/aromatic N) is 1. The second kappa shape index (κ2) is 5.93. The third-order valence-electron chi connectivity index (χ3n) is 2.84. The van der Waals surface area contributed by atoms with Crippen molar-refractivity contribution in [3.8, 4) is 0 Å². The van der Waals surface area contributed by atoms with Crippen LogP contribution in [0.15, 0.2) is 34.9 Å². The molecule has 3 nitrogen and oxygen atoms in total. The highest BCUT2D eigenvalue weighted by atomic mass is 79.9. The minimum absolute atomic E-state index is 0.109. The van der Waals surface area contributed by atoms with Crippen LogP contribution in [0.5, 0.6) is 0 Å². The lowest BCUT2D eigenvalue weighted by molar-refractivity contribution is 0.151. The lowest BCUT2D eigenvalue weighted by atomic mass is 9.93. The van der Waals surface area contributed by atoms with Crippen LogP contribution >= 0.6 is 27.3 Å². The molecule has 1 aromatic carbocycles. The van der Waals surface area contributed by atoms with Gasteiger partial charge in [0.1, 0.15) is 0 Å². The molecule has 0 spiro atoms. The van der Waals surface area contributed by atoms with Gasteiger partial charge in [0, 0.05) is 23.1 Å². The quantitative estimate of drug-likeness (QED) is 0.908. The minimum Gasteiger partial charge on any atom is -0.387 e. The molecule has 0 fully saturated rings. The lowest BCUT2D eigenvalue weighted by Crippen LogP contribution is -2.19. The van der Waals surface area contributed by atoms with E-state index in [1.807, 2.05) is 31.2 Å². The number of aryl methyl sites for hydroxylation is 1. The molecule has 1 aromatic heterocycles. The second-order valence-electron chi connectivity index (χ2n) is 4.12. The molecule has 1 heterocycles. The van der Waals surface area contributed by atoms with Gasteiger partial charge in [0.05, 0.1) is 16.0 Å². The topological polar surface area (TPSA) is 59.1 Å². The Hall–Kier alpha value is -0.750. The first-order valence-electron chi connectivity index (χ1n) is 5.67. The molecule has 0 aliphatic heterocycles. The van der Waals surface area contributed by atoms with Gasteiger partial charge >= 0.3 is 0 Å². The number of rotatable bonds is 4. The van der Waals surface area contributed by atoms with Crippen molar-refractivity contribution in [3.63, 3.8) is 0 Å². The average molecular weight is 327 g/mol. The summed E-state index contributed by atoms with van der Waals surface area (Å²) in [5.41, 5.74) is 6.84. The summed E-state index contributed by atoms with van der Waals surface area (Å²) < 4.78 is 0.992. The van der Waals surface area contributed by atoms with Crippen molar-refractivity contribution in [1.82, 2.24) is 4.98 Å². The molecule has 0 aliphatic carbocycles. The molecular weight excluding hydrogens is 312 g/mol. The largest absolute Gasteiger partial charge is 0.387 e. The molecule has 0 radical (unpaired) electrons. The second-order valence-corrected chi connectivity index (χ2v) is 6.31. The van der Waals surface area contributed by atoms with E-state index in [0.717, 1.165) is 19.9 Å². The lowest BCUT2D eigenvalue weighted by Gasteiger charge is -2.20. The Bertz CT molecular complexity index is 529. The molecule has 18 heavy (non-hydrogen) atoms. The van der Waals surface area contributed by atoms with Crippen LogP contribution < -0.4 is 5.73 Å². The van der Waals surface area contributed by atoms with Crippen molar-refractivity contribution < 1.29 is 5.11 Å². The standard InChI is InChI=1S/C13H15BrN2OS/c1-8-16-7-12(18-8)13(17)11(6-15)9-3-2-4-10(14)5-9/h2-5,7,11,13,17H,6,15H2,1H3. The number of aliphatic hydroxyl groups is 1. The fraction of sp³-hybridized carbons (Fsp3) is 0.308. The highest BCUT2D eigenvalue weighted by Gasteiger charge is 2.23. The maximum Gasteiger partial charge on any atom is 0.0978 e. The third-order valence-corrected chi connectivity index (χ3v) is 4.32. The molecule has 96 valence electrons. The molecule has 0 aliphatic rings. The monoisotopic (exact) mass is 326 g/mol. The van der Waals surface area contributed by atoms with Crippen LogP contribution in [0.4, 0.5) is 0 Å². The highest BCUT2D eigenvalue weighted by molar-refractivity contribution is 9.10. The molecule has 0 saturated heterocycles. The number of aliphatic hydroxyl groups excluding tert-OH is 1. The van der Waals surface area contributed by atoms with Crippen molar-refractivity contribution >= 4 is 27.3 Å². The zero-order valence-electron chi connectivity index (χ0n) is 10.0. The molecule has 0 amide bonds. The van der Waals surface area contributed by atoms with Crippen LogP contribution in [0, 0.1) is 6.92 Å². The van der Waals surface area contributed by atoms with Crippen LogP contribution in [0.1, 0.15) is 27.5 Å². The summed E-state index contributed by atoms with van der Waals surface area (Å²) >= 11 is 4.95. The van der Waals surface area contributed by atoms with E-state index < -0.39 is 6.10 Å². The maximum absolute atomic E-state index is 10.4. The molecular formula is C13H15BrN2OS. The van der Waals surface area contributed by atoms with Gasteiger partial charge in [0.25, 0.3) is 0 Å². The maximum atomic E-state index is 10.4. The van der Waals surface area contributed by atoms with Gasteiger partial charge in [-0.1, -0.05) is 28.1 Å². The van der Waals surface area contributed by atoms with E-state index in [1.165, 1.54) is 11.3 Å². The third kappa shape index (κ3) is 2.98. The first-order valence-corrected chi connectivity index (χ1v) is 7.28. The van der Waals surface area contributed by atoms with Crippen LogP contribution in [0.3, 0.4) is 0 Å². The molecule has 0 bridgehead atoms. The number of hydrogen-bond donors (Lipinski definition) is 2. The van der Waals surface area contributed by atoms with Crippen LogP contribution in [-0.4, -0.2) is 16.6 Å². The van der Waals surface area contributed by atoms with E-state index in [9.17, 15) is 5.11 Å². The molecule has 0 saturated carbocycles. The molecule has 5 heteroatoms. The summed E-state index contributed by atoms with van der Waals surface area (Å²) in [6.45, 7) is 2.33. The normalized spacial score (nSPS) is 14.4. The van der Waals surface area contributed by atoms with Crippen LogP contribution in [0.25, 0.3) is 0 Å². The van der Waals surface area contributed by atoms with Crippen molar-refractivity contribution in [2.24, 2.45) is 5.73 Å². The molecule has 2 atom stereocenters. The smallest absolute Gasteiger partial charge is 0.0978 e. The average Bonchev–Trinajstić information content (AvgIpc) is 2.77.